The van der Waals surface area contributed by atoms with Gasteiger partial charge in [0.2, 0.25) is 27.7 Å². The molecule has 4 amide bonds. The lowest BCUT2D eigenvalue weighted by Crippen LogP contribution is -2.60. The quantitative estimate of drug-likeness (QED) is 0.266. The highest BCUT2D eigenvalue weighted by Gasteiger charge is 2.62. The molecule has 48 heavy (non-hydrogen) atoms. The summed E-state index contributed by atoms with van der Waals surface area (Å²) in [6.45, 7) is 9.28. The number of hydrogen-bond acceptors (Lipinski definition) is 10. The minimum absolute atomic E-state index is 0.00523. The van der Waals surface area contributed by atoms with Crippen molar-refractivity contribution in [3.05, 3.63) is 42.4 Å². The van der Waals surface area contributed by atoms with E-state index in [0.29, 0.717) is 30.9 Å². The molecule has 0 aromatic carbocycles. The summed E-state index contributed by atoms with van der Waals surface area (Å²) in [6.07, 6.45) is 5.84. The maximum Gasteiger partial charge on any atom is 0.317 e. The van der Waals surface area contributed by atoms with E-state index in [1.54, 1.807) is 12.3 Å². The Morgan fingerprint density at radius 3 is 2.54 bits per heavy atom. The van der Waals surface area contributed by atoms with E-state index in [0.717, 1.165) is 17.7 Å². The molecule has 0 bridgehead atoms. The van der Waals surface area contributed by atoms with Crippen LogP contribution in [-0.2, 0) is 29.2 Å². The van der Waals surface area contributed by atoms with Crippen LogP contribution in [0.5, 0.6) is 6.01 Å². The van der Waals surface area contributed by atoms with Crippen molar-refractivity contribution in [1.82, 2.24) is 30.2 Å². The first-order valence-electron chi connectivity index (χ1n) is 16.3. The van der Waals surface area contributed by atoms with Crippen LogP contribution >= 0.6 is 11.3 Å². The fourth-order valence-corrected chi connectivity index (χ4v) is 8.18. The van der Waals surface area contributed by atoms with Gasteiger partial charge in [-0.05, 0) is 60.9 Å². The summed E-state index contributed by atoms with van der Waals surface area (Å²) < 4.78 is 33.5. The molecule has 2 aromatic rings. The number of amides is 4. The lowest BCUT2D eigenvalue weighted by molar-refractivity contribution is -0.144. The first-order valence-corrected chi connectivity index (χ1v) is 18.8. The molecule has 3 heterocycles. The SMILES string of the molecule is C=CC1C[C@]1(NC(=O)[C@@H]1C[C@@H](Oc2nccc(-c3cccs3)n2)CN1C(=O)[C@@H](NC(=O)CC1CC1)C(C)(C)C)C(=O)NS(=O)(=O)C1CC1. The number of rotatable bonds is 13. The Bertz CT molecular complexity index is 1700. The van der Waals surface area contributed by atoms with E-state index in [9.17, 15) is 27.6 Å². The van der Waals surface area contributed by atoms with Crippen LogP contribution in [0.25, 0.3) is 10.6 Å². The molecule has 3 N–H and O–H groups in total. The summed E-state index contributed by atoms with van der Waals surface area (Å²) in [5.74, 6) is -2.33. The van der Waals surface area contributed by atoms with Gasteiger partial charge in [-0.25, -0.2) is 13.4 Å². The van der Waals surface area contributed by atoms with Crippen LogP contribution < -0.4 is 20.1 Å². The monoisotopic (exact) mass is 698 g/mol. The zero-order valence-corrected chi connectivity index (χ0v) is 28.9. The number of carbonyl (C=O) groups excluding carboxylic acids is 4. The number of hydrogen-bond donors (Lipinski definition) is 3. The van der Waals surface area contributed by atoms with E-state index >= 15 is 0 Å². The number of thiophene rings is 1. The maximum absolute atomic E-state index is 14.3. The van der Waals surface area contributed by atoms with Gasteiger partial charge < -0.3 is 20.3 Å². The standard InChI is InChI=1S/C33H42N6O7S2/c1-5-20-17-33(20,30(43)38-48(44,45)22-10-11-22)37-28(41)24-16-21(46-31-34-13-12-23(35-31)25-7-6-14-47-25)18-39(24)29(42)27(32(2,3)4)36-26(40)15-19-8-9-19/h5-7,12-14,19-22,24,27H,1,8-11,15-18H2,2-4H3,(H,36,40)(H,37,41)(H,38,43)/t20?,21-,24+,27-,33-/m1/s1. The molecule has 4 fully saturated rings. The first kappa shape index (κ1) is 34.0. The summed E-state index contributed by atoms with van der Waals surface area (Å²) in [5.41, 5.74) is -1.55. The zero-order valence-electron chi connectivity index (χ0n) is 27.3. The Morgan fingerprint density at radius 2 is 1.94 bits per heavy atom. The third-order valence-electron chi connectivity index (χ3n) is 9.37. The van der Waals surface area contributed by atoms with Crippen molar-refractivity contribution in [3.63, 3.8) is 0 Å². The van der Waals surface area contributed by atoms with Gasteiger partial charge in [-0.2, -0.15) is 4.98 Å². The lowest BCUT2D eigenvalue weighted by atomic mass is 9.85. The Labute approximate surface area is 284 Å². The minimum atomic E-state index is -3.87. The molecule has 1 aliphatic heterocycles. The number of likely N-dealkylation sites (tertiary alicyclic amines) is 1. The Hall–Kier alpha value is -3.85. The molecule has 258 valence electrons. The molecule has 0 spiro atoms. The van der Waals surface area contributed by atoms with Gasteiger partial charge >= 0.3 is 6.01 Å². The lowest BCUT2D eigenvalue weighted by Gasteiger charge is -2.35. The van der Waals surface area contributed by atoms with Crippen LogP contribution in [0.1, 0.15) is 65.7 Å². The molecule has 15 heteroatoms. The summed E-state index contributed by atoms with van der Waals surface area (Å²) in [5, 5.41) is 7.02. The van der Waals surface area contributed by atoms with Gasteiger partial charge in [-0.1, -0.05) is 32.9 Å². The summed E-state index contributed by atoms with van der Waals surface area (Å²) in [4.78, 5) is 65.8. The van der Waals surface area contributed by atoms with E-state index in [1.807, 2.05) is 38.3 Å². The zero-order chi connectivity index (χ0) is 34.4. The molecule has 2 aromatic heterocycles. The van der Waals surface area contributed by atoms with Gasteiger partial charge in [-0.3, -0.25) is 23.9 Å². The van der Waals surface area contributed by atoms with Crippen LogP contribution in [0.3, 0.4) is 0 Å². The van der Waals surface area contributed by atoms with Crippen LogP contribution in [0.2, 0.25) is 0 Å². The second-order valence-electron chi connectivity index (χ2n) is 14.4. The second kappa shape index (κ2) is 12.9. The average Bonchev–Trinajstić information content (AvgIpc) is 3.98. The first-order chi connectivity index (χ1) is 22.7. The number of aromatic nitrogens is 2. The Kier molecular flexibility index (Phi) is 9.13. The Morgan fingerprint density at radius 1 is 1.19 bits per heavy atom. The number of nitrogens with zero attached hydrogens (tertiary/aromatic N) is 3. The van der Waals surface area contributed by atoms with E-state index < -0.39 is 68.1 Å². The molecule has 3 aliphatic carbocycles. The predicted molar refractivity (Wildman–Crippen MR) is 178 cm³/mol. The van der Waals surface area contributed by atoms with Crippen LogP contribution in [-0.4, -0.2) is 82.4 Å². The van der Waals surface area contributed by atoms with Gasteiger partial charge in [0.05, 0.1) is 22.4 Å². The van der Waals surface area contributed by atoms with Crippen LogP contribution in [0.15, 0.2) is 42.4 Å². The van der Waals surface area contributed by atoms with Crippen molar-refractivity contribution >= 4 is 45.0 Å². The van der Waals surface area contributed by atoms with Gasteiger partial charge in [0, 0.05) is 25.0 Å². The summed E-state index contributed by atoms with van der Waals surface area (Å²) in [7, 11) is -3.87. The molecular weight excluding hydrogens is 657 g/mol. The van der Waals surface area contributed by atoms with Gasteiger partial charge in [-0.15, -0.1) is 17.9 Å². The molecule has 6 rings (SSSR count). The van der Waals surface area contributed by atoms with Crippen molar-refractivity contribution in [1.29, 1.82) is 0 Å². The highest BCUT2D eigenvalue weighted by molar-refractivity contribution is 7.91. The fraction of sp³-hybridized carbons (Fsp3) is 0.576. The van der Waals surface area contributed by atoms with Crippen molar-refractivity contribution < 1.29 is 32.3 Å². The molecule has 5 atom stereocenters. The number of nitrogens with one attached hydrogen (secondary N) is 3. The molecular formula is C33H42N6O7S2. The second-order valence-corrected chi connectivity index (χ2v) is 17.3. The van der Waals surface area contributed by atoms with E-state index in [4.69, 9.17) is 4.74 Å². The van der Waals surface area contributed by atoms with Gasteiger partial charge in [0.15, 0.2) is 0 Å². The Balaban J connectivity index is 1.25. The predicted octanol–water partition coefficient (Wildman–Crippen LogP) is 2.55. The summed E-state index contributed by atoms with van der Waals surface area (Å²) >= 11 is 1.51. The highest BCUT2D eigenvalue weighted by atomic mass is 32.2. The number of carbonyl (C=O) groups is 4. The minimum Gasteiger partial charge on any atom is -0.458 e. The van der Waals surface area contributed by atoms with Crippen molar-refractivity contribution in [3.8, 4) is 16.6 Å². The van der Waals surface area contributed by atoms with Crippen molar-refractivity contribution in [2.24, 2.45) is 17.3 Å². The third kappa shape index (κ3) is 7.41. The van der Waals surface area contributed by atoms with Crippen molar-refractivity contribution in [2.45, 2.75) is 94.7 Å². The molecule has 13 nitrogen and oxygen atoms in total. The smallest absolute Gasteiger partial charge is 0.317 e. The van der Waals surface area contributed by atoms with E-state index in [1.165, 1.54) is 22.3 Å². The topological polar surface area (TPSA) is 177 Å². The maximum atomic E-state index is 14.3. The average molecular weight is 699 g/mol. The molecule has 4 aliphatic rings. The third-order valence-corrected chi connectivity index (χ3v) is 12.1. The normalized spacial score (nSPS) is 25.9. The molecule has 1 saturated heterocycles. The number of sulfonamides is 1. The van der Waals surface area contributed by atoms with Crippen LogP contribution in [0, 0.1) is 17.3 Å². The summed E-state index contributed by atoms with van der Waals surface area (Å²) in [6, 6.07) is 3.64. The van der Waals surface area contributed by atoms with E-state index in [-0.39, 0.29) is 31.3 Å². The molecule has 3 saturated carbocycles. The van der Waals surface area contributed by atoms with Crippen LogP contribution in [0.4, 0.5) is 0 Å². The van der Waals surface area contributed by atoms with Crippen molar-refractivity contribution in [2.75, 3.05) is 6.54 Å². The largest absolute Gasteiger partial charge is 0.458 e. The number of ether oxygens (including phenoxy) is 1. The van der Waals surface area contributed by atoms with E-state index in [2.05, 4.69) is 31.9 Å². The highest BCUT2D eigenvalue weighted by Crippen LogP contribution is 2.45. The fourth-order valence-electron chi connectivity index (χ4n) is 6.12. The van der Waals surface area contributed by atoms with Gasteiger partial charge in [0.1, 0.15) is 23.7 Å². The molecule has 1 unspecified atom stereocenters. The molecule has 0 radical (unpaired) electrons. The van der Waals surface area contributed by atoms with Gasteiger partial charge in [0.25, 0.3) is 5.91 Å².